The molecule has 0 spiro atoms. The molecule has 0 bridgehead atoms. The van der Waals surface area contributed by atoms with Crippen molar-refractivity contribution in [1.82, 2.24) is 5.32 Å². The van der Waals surface area contributed by atoms with Crippen molar-refractivity contribution < 1.29 is 0 Å². The number of hydrogen-bond acceptors (Lipinski definition) is 3. The van der Waals surface area contributed by atoms with Crippen LogP contribution >= 0.6 is 11.3 Å². The number of thiophene rings is 1. The predicted octanol–water partition coefficient (Wildman–Crippen LogP) is 3.11. The van der Waals surface area contributed by atoms with Crippen molar-refractivity contribution >= 4 is 11.3 Å². The van der Waals surface area contributed by atoms with Crippen LogP contribution in [0.25, 0.3) is 0 Å². The van der Waals surface area contributed by atoms with Crippen LogP contribution in [0.2, 0.25) is 0 Å². The van der Waals surface area contributed by atoms with Gasteiger partial charge < -0.3 is 5.32 Å². The molecule has 0 aliphatic heterocycles. The van der Waals surface area contributed by atoms with Crippen LogP contribution in [0.4, 0.5) is 0 Å². The molecule has 0 aliphatic rings. The van der Waals surface area contributed by atoms with Gasteiger partial charge in [0.05, 0.1) is 18.0 Å². The van der Waals surface area contributed by atoms with Gasteiger partial charge in [-0.25, -0.2) is 0 Å². The highest BCUT2D eigenvalue weighted by molar-refractivity contribution is 7.10. The molecule has 82 valence electrons. The van der Waals surface area contributed by atoms with Gasteiger partial charge in [-0.1, -0.05) is 13.8 Å². The van der Waals surface area contributed by atoms with Crippen LogP contribution in [0.3, 0.4) is 0 Å². The molecule has 0 amide bonds. The summed E-state index contributed by atoms with van der Waals surface area (Å²) in [6.45, 7) is 6.30. The third kappa shape index (κ3) is 2.58. The number of nitrogens with zero attached hydrogens (tertiary/aromatic N) is 1. The van der Waals surface area contributed by atoms with E-state index in [0.717, 1.165) is 0 Å². The molecular formula is C12H18N2S. The van der Waals surface area contributed by atoms with Crippen LogP contribution < -0.4 is 5.32 Å². The van der Waals surface area contributed by atoms with Crippen molar-refractivity contribution in [2.24, 2.45) is 11.8 Å². The Morgan fingerprint density at radius 3 is 2.47 bits per heavy atom. The van der Waals surface area contributed by atoms with Gasteiger partial charge >= 0.3 is 0 Å². The molecule has 1 rings (SSSR count). The maximum atomic E-state index is 9.20. The summed E-state index contributed by atoms with van der Waals surface area (Å²) in [6.07, 6.45) is 0. The molecule has 1 aromatic heterocycles. The minimum absolute atomic E-state index is 0.0346. The Labute approximate surface area is 95.9 Å². The van der Waals surface area contributed by atoms with Crippen LogP contribution in [0.5, 0.6) is 0 Å². The van der Waals surface area contributed by atoms with Gasteiger partial charge in [-0.15, -0.1) is 11.3 Å². The van der Waals surface area contributed by atoms with Crippen molar-refractivity contribution in [1.29, 1.82) is 5.26 Å². The molecule has 2 atom stereocenters. The molecule has 0 saturated heterocycles. The Morgan fingerprint density at radius 2 is 2.13 bits per heavy atom. The number of rotatable bonds is 4. The average molecular weight is 222 g/mol. The second-order valence-corrected chi connectivity index (χ2v) is 5.08. The lowest BCUT2D eigenvalue weighted by Crippen LogP contribution is -2.27. The number of nitriles is 1. The molecule has 0 aliphatic carbocycles. The van der Waals surface area contributed by atoms with E-state index in [1.54, 1.807) is 11.3 Å². The molecule has 1 heterocycles. The van der Waals surface area contributed by atoms with Gasteiger partial charge in [0.1, 0.15) is 0 Å². The van der Waals surface area contributed by atoms with E-state index in [0.29, 0.717) is 5.92 Å². The van der Waals surface area contributed by atoms with Crippen molar-refractivity contribution in [3.8, 4) is 6.07 Å². The maximum Gasteiger partial charge on any atom is 0.0689 e. The quantitative estimate of drug-likeness (QED) is 0.849. The Balaban J connectivity index is 2.99. The van der Waals surface area contributed by atoms with Gasteiger partial charge in [0, 0.05) is 4.88 Å². The lowest BCUT2D eigenvalue weighted by Gasteiger charge is -2.24. The standard InChI is InChI=1S/C12H18N2S/c1-8(2)10(7-13)11(14-4)12-9(3)5-6-15-12/h5-6,8,10-11,14H,1-4H3. The zero-order valence-corrected chi connectivity index (χ0v) is 10.6. The normalized spacial score (nSPS) is 14.9. The molecule has 0 radical (unpaired) electrons. The monoisotopic (exact) mass is 222 g/mol. The number of nitrogens with one attached hydrogen (secondary N) is 1. The van der Waals surface area contributed by atoms with E-state index in [-0.39, 0.29) is 12.0 Å². The van der Waals surface area contributed by atoms with E-state index in [1.807, 2.05) is 7.05 Å². The molecule has 15 heavy (non-hydrogen) atoms. The summed E-state index contributed by atoms with van der Waals surface area (Å²) in [4.78, 5) is 1.29. The molecule has 1 N–H and O–H groups in total. The summed E-state index contributed by atoms with van der Waals surface area (Å²) in [5, 5.41) is 14.6. The highest BCUT2D eigenvalue weighted by Crippen LogP contribution is 2.32. The van der Waals surface area contributed by atoms with E-state index in [1.165, 1.54) is 10.4 Å². The Hall–Kier alpha value is -0.850. The van der Waals surface area contributed by atoms with E-state index < -0.39 is 0 Å². The molecule has 2 unspecified atom stereocenters. The summed E-state index contributed by atoms with van der Waals surface area (Å²) in [7, 11) is 1.93. The van der Waals surface area contributed by atoms with Gasteiger partial charge in [-0.05, 0) is 36.9 Å². The first-order valence-electron chi connectivity index (χ1n) is 5.22. The maximum absolute atomic E-state index is 9.20. The minimum atomic E-state index is 0.0346. The summed E-state index contributed by atoms with van der Waals surface area (Å²) in [6, 6.07) is 4.68. The zero-order valence-electron chi connectivity index (χ0n) is 9.74. The predicted molar refractivity (Wildman–Crippen MR) is 64.8 cm³/mol. The summed E-state index contributed by atoms with van der Waals surface area (Å²) in [5.74, 6) is 0.404. The van der Waals surface area contributed by atoms with Gasteiger partial charge in [-0.3, -0.25) is 0 Å². The van der Waals surface area contributed by atoms with Crippen LogP contribution in [0, 0.1) is 30.1 Å². The lowest BCUT2D eigenvalue weighted by atomic mass is 9.88. The van der Waals surface area contributed by atoms with Crippen LogP contribution in [0.15, 0.2) is 11.4 Å². The van der Waals surface area contributed by atoms with Crippen molar-refractivity contribution in [3.05, 3.63) is 21.9 Å². The van der Waals surface area contributed by atoms with Crippen LogP contribution in [-0.4, -0.2) is 7.05 Å². The highest BCUT2D eigenvalue weighted by Gasteiger charge is 2.26. The van der Waals surface area contributed by atoms with Crippen molar-refractivity contribution in [3.63, 3.8) is 0 Å². The number of hydrogen-bond donors (Lipinski definition) is 1. The van der Waals surface area contributed by atoms with Crippen molar-refractivity contribution in [2.45, 2.75) is 26.8 Å². The zero-order chi connectivity index (χ0) is 11.4. The Kier molecular flexibility index (Phi) is 4.31. The lowest BCUT2D eigenvalue weighted by molar-refractivity contribution is 0.366. The Bertz CT molecular complexity index is 349. The fraction of sp³-hybridized carbons (Fsp3) is 0.583. The fourth-order valence-corrected chi connectivity index (χ4v) is 2.87. The first kappa shape index (κ1) is 12.2. The third-order valence-corrected chi connectivity index (χ3v) is 3.82. The molecular weight excluding hydrogens is 204 g/mol. The first-order valence-corrected chi connectivity index (χ1v) is 6.10. The van der Waals surface area contributed by atoms with E-state index in [9.17, 15) is 5.26 Å². The number of aryl methyl sites for hydroxylation is 1. The summed E-state index contributed by atoms with van der Waals surface area (Å²) >= 11 is 1.73. The first-order chi connectivity index (χ1) is 7.11. The van der Waals surface area contributed by atoms with Crippen LogP contribution in [-0.2, 0) is 0 Å². The molecule has 2 nitrogen and oxygen atoms in total. The largest absolute Gasteiger partial charge is 0.311 e. The third-order valence-electron chi connectivity index (χ3n) is 2.72. The van der Waals surface area contributed by atoms with E-state index >= 15 is 0 Å². The SMILES string of the molecule is CNC(c1sccc1C)C(C#N)C(C)C. The molecule has 0 fully saturated rings. The van der Waals surface area contributed by atoms with Gasteiger partial charge in [0.2, 0.25) is 0 Å². The summed E-state index contributed by atoms with van der Waals surface area (Å²) < 4.78 is 0. The second kappa shape index (κ2) is 5.29. The van der Waals surface area contributed by atoms with Gasteiger partial charge in [-0.2, -0.15) is 5.26 Å². The van der Waals surface area contributed by atoms with Crippen LogP contribution in [0.1, 0.15) is 30.3 Å². The smallest absolute Gasteiger partial charge is 0.0689 e. The second-order valence-electron chi connectivity index (χ2n) is 4.13. The van der Waals surface area contributed by atoms with Gasteiger partial charge in [0.25, 0.3) is 0 Å². The average Bonchev–Trinajstić information content (AvgIpc) is 2.60. The Morgan fingerprint density at radius 1 is 1.47 bits per heavy atom. The molecule has 0 aromatic carbocycles. The molecule has 0 saturated carbocycles. The van der Waals surface area contributed by atoms with E-state index in [4.69, 9.17) is 0 Å². The van der Waals surface area contributed by atoms with Gasteiger partial charge in [0.15, 0.2) is 0 Å². The fourth-order valence-electron chi connectivity index (χ4n) is 1.79. The minimum Gasteiger partial charge on any atom is -0.311 e. The summed E-state index contributed by atoms with van der Waals surface area (Å²) in [5.41, 5.74) is 1.28. The van der Waals surface area contributed by atoms with Crippen molar-refractivity contribution in [2.75, 3.05) is 7.05 Å². The molecule has 3 heteroatoms. The van der Waals surface area contributed by atoms with E-state index in [2.05, 4.69) is 43.6 Å². The molecule has 1 aromatic rings. The topological polar surface area (TPSA) is 35.8 Å². The highest BCUT2D eigenvalue weighted by atomic mass is 32.1.